The van der Waals surface area contributed by atoms with Crippen LogP contribution in [0.3, 0.4) is 0 Å². The molecule has 0 saturated carbocycles. The molecular weight excluding hydrogens is 434 g/mol. The van der Waals surface area contributed by atoms with Crippen LogP contribution in [-0.2, 0) is 33.3 Å². The van der Waals surface area contributed by atoms with Gasteiger partial charge >= 0.3 is 12.1 Å². The van der Waals surface area contributed by atoms with Crippen molar-refractivity contribution in [1.29, 1.82) is 0 Å². The molecular formula is C22H35N3O8. The molecule has 186 valence electrons. The fourth-order valence-electron chi connectivity index (χ4n) is 2.44. The molecule has 1 amide bonds. The first-order valence-electron chi connectivity index (χ1n) is 10.9. The van der Waals surface area contributed by atoms with Gasteiger partial charge < -0.3 is 24.3 Å². The van der Waals surface area contributed by atoms with E-state index in [2.05, 4.69) is 21.9 Å². The van der Waals surface area contributed by atoms with Crippen LogP contribution in [0, 0.1) is 0 Å². The Morgan fingerprint density at radius 1 is 0.970 bits per heavy atom. The fourth-order valence-corrected chi connectivity index (χ4v) is 2.44. The topological polar surface area (TPSA) is 142 Å². The smallest absolute Gasteiger partial charge is 0.407 e. The number of hydrogen-bond donors (Lipinski definition) is 1. The average molecular weight is 470 g/mol. The molecule has 11 heteroatoms. The Kier molecular flexibility index (Phi) is 18.1. The Hall–Kier alpha value is -2.84. The summed E-state index contributed by atoms with van der Waals surface area (Å²) in [6, 6.07) is -0.422. The summed E-state index contributed by atoms with van der Waals surface area (Å²) in [4.78, 5) is 50.9. The zero-order valence-electron chi connectivity index (χ0n) is 19.7. The summed E-state index contributed by atoms with van der Waals surface area (Å²) in [7, 11) is 0. The molecule has 0 heterocycles. The van der Waals surface area contributed by atoms with Gasteiger partial charge in [-0.3, -0.25) is 0 Å². The molecule has 0 aliphatic heterocycles. The summed E-state index contributed by atoms with van der Waals surface area (Å²) in [6.45, 7) is 10.4. The van der Waals surface area contributed by atoms with Crippen molar-refractivity contribution in [3.63, 3.8) is 0 Å². The number of alkyl carbamates (subject to hydrolysis) is 1. The number of rotatable bonds is 19. The fraction of sp³-hybridized carbons (Fsp3) is 0.727. The van der Waals surface area contributed by atoms with Gasteiger partial charge in [0.05, 0.1) is 25.8 Å². The largest absolute Gasteiger partial charge is 0.457 e. The van der Waals surface area contributed by atoms with Crippen LogP contribution in [-0.4, -0.2) is 82.0 Å². The summed E-state index contributed by atoms with van der Waals surface area (Å²) in [5.74, 6) is -0.444. The molecule has 0 rings (SSSR count). The molecule has 1 N–H and O–H groups in total. The van der Waals surface area contributed by atoms with Gasteiger partial charge in [0.25, 0.3) is 0 Å². The summed E-state index contributed by atoms with van der Waals surface area (Å²) in [5, 5.41) is 2.56. The predicted octanol–water partition coefficient (Wildman–Crippen LogP) is 2.24. The second-order valence-electron chi connectivity index (χ2n) is 7.44. The Morgan fingerprint density at radius 3 is 2.18 bits per heavy atom. The number of unbranched alkanes of at least 4 members (excludes halogenated alkanes) is 1. The van der Waals surface area contributed by atoms with Crippen LogP contribution in [0.2, 0.25) is 0 Å². The minimum Gasteiger partial charge on any atom is -0.457 e. The number of carbonyl (C=O) groups is 2. The quantitative estimate of drug-likeness (QED) is 0.0998. The van der Waals surface area contributed by atoms with E-state index in [1.165, 1.54) is 12.2 Å². The minimum absolute atomic E-state index is 0.135. The number of esters is 1. The van der Waals surface area contributed by atoms with Crippen molar-refractivity contribution in [2.45, 2.75) is 64.7 Å². The molecule has 3 atom stereocenters. The lowest BCUT2D eigenvalue weighted by molar-refractivity contribution is -0.146. The molecule has 0 fully saturated rings. The monoisotopic (exact) mass is 469 g/mol. The van der Waals surface area contributed by atoms with Gasteiger partial charge in [-0.15, -0.1) is 0 Å². The molecule has 0 aromatic rings. The number of ether oxygens (including phenoxy) is 4. The second kappa shape index (κ2) is 19.8. The van der Waals surface area contributed by atoms with Crippen LogP contribution in [0.4, 0.5) is 4.79 Å². The Balaban J connectivity index is 3.86. The Bertz CT molecular complexity index is 687. The van der Waals surface area contributed by atoms with Crippen LogP contribution in [0.25, 0.3) is 0 Å². The van der Waals surface area contributed by atoms with E-state index in [1.54, 1.807) is 20.8 Å². The predicted molar refractivity (Wildman–Crippen MR) is 119 cm³/mol. The van der Waals surface area contributed by atoms with Crippen LogP contribution in [0.5, 0.6) is 0 Å². The molecule has 11 nitrogen and oxygen atoms in total. The highest BCUT2D eigenvalue weighted by Gasteiger charge is 2.13. The first-order chi connectivity index (χ1) is 15.8. The molecule has 0 aliphatic carbocycles. The van der Waals surface area contributed by atoms with Crippen molar-refractivity contribution in [3.05, 3.63) is 12.2 Å². The molecule has 3 unspecified atom stereocenters. The third-order valence-electron chi connectivity index (χ3n) is 4.09. The molecule has 0 aliphatic rings. The number of nitrogens with one attached hydrogen (secondary N) is 1. The standard InChI is InChI=1S/C22H35N3O8/c1-17(2)21(28)32-18(3)13-30-10-7-11-31-14-19(4)33-22(29)24-12-20(25-16-27)8-5-6-9-23-15-26/h18-20H,1,5-14H2,2-4H3,(H,24,29). The molecule has 0 aromatic heterocycles. The highest BCUT2D eigenvalue weighted by molar-refractivity contribution is 5.87. The number of carbonyl (C=O) groups excluding carboxylic acids is 4. The summed E-state index contributed by atoms with van der Waals surface area (Å²) >= 11 is 0. The zero-order valence-corrected chi connectivity index (χ0v) is 19.7. The SMILES string of the molecule is C=C(C)C(=O)OC(C)COCCCOCC(C)OC(=O)NCC(CCCCN=C=O)N=C=O. The van der Waals surface area contributed by atoms with Crippen molar-refractivity contribution >= 4 is 24.2 Å². The Labute approximate surface area is 194 Å². The van der Waals surface area contributed by atoms with E-state index < -0.39 is 24.2 Å². The Morgan fingerprint density at radius 2 is 1.61 bits per heavy atom. The maximum Gasteiger partial charge on any atom is 0.407 e. The molecule has 0 spiro atoms. The third-order valence-corrected chi connectivity index (χ3v) is 4.09. The number of isocyanates is 2. The van der Waals surface area contributed by atoms with Gasteiger partial charge in [-0.05, 0) is 46.5 Å². The van der Waals surface area contributed by atoms with Gasteiger partial charge in [0.2, 0.25) is 12.2 Å². The lowest BCUT2D eigenvalue weighted by Crippen LogP contribution is -2.34. The zero-order chi connectivity index (χ0) is 24.9. The maximum absolute atomic E-state index is 11.9. The van der Waals surface area contributed by atoms with Crippen LogP contribution in [0.1, 0.15) is 46.5 Å². The highest BCUT2D eigenvalue weighted by atomic mass is 16.6. The lowest BCUT2D eigenvalue weighted by atomic mass is 10.1. The van der Waals surface area contributed by atoms with Crippen molar-refractivity contribution in [2.75, 3.05) is 39.5 Å². The van der Waals surface area contributed by atoms with E-state index in [-0.39, 0.29) is 25.9 Å². The summed E-state index contributed by atoms with van der Waals surface area (Å²) in [5.41, 5.74) is 0.340. The molecule has 0 saturated heterocycles. The van der Waals surface area contributed by atoms with Crippen LogP contribution >= 0.6 is 0 Å². The van der Waals surface area contributed by atoms with Gasteiger partial charge in [0, 0.05) is 25.3 Å². The van der Waals surface area contributed by atoms with Crippen LogP contribution < -0.4 is 5.32 Å². The first-order valence-corrected chi connectivity index (χ1v) is 10.9. The normalized spacial score (nSPS) is 12.9. The van der Waals surface area contributed by atoms with Gasteiger partial charge in [0.1, 0.15) is 12.2 Å². The van der Waals surface area contributed by atoms with Crippen molar-refractivity contribution < 1.29 is 38.1 Å². The van der Waals surface area contributed by atoms with E-state index in [0.29, 0.717) is 51.0 Å². The highest BCUT2D eigenvalue weighted by Crippen LogP contribution is 2.05. The molecule has 0 radical (unpaired) electrons. The van der Waals surface area contributed by atoms with E-state index >= 15 is 0 Å². The van der Waals surface area contributed by atoms with E-state index in [1.807, 2.05) is 0 Å². The van der Waals surface area contributed by atoms with Crippen LogP contribution in [0.15, 0.2) is 22.1 Å². The van der Waals surface area contributed by atoms with Gasteiger partial charge in [-0.2, -0.15) is 0 Å². The van der Waals surface area contributed by atoms with E-state index in [0.717, 1.165) is 0 Å². The lowest BCUT2D eigenvalue weighted by Gasteiger charge is -2.16. The van der Waals surface area contributed by atoms with Crippen molar-refractivity contribution in [1.82, 2.24) is 5.32 Å². The molecule has 0 bridgehead atoms. The second-order valence-corrected chi connectivity index (χ2v) is 7.44. The van der Waals surface area contributed by atoms with Crippen molar-refractivity contribution in [3.8, 4) is 0 Å². The average Bonchev–Trinajstić information content (AvgIpc) is 2.76. The van der Waals surface area contributed by atoms with E-state index in [4.69, 9.17) is 18.9 Å². The minimum atomic E-state index is -0.635. The van der Waals surface area contributed by atoms with E-state index in [9.17, 15) is 19.2 Å². The van der Waals surface area contributed by atoms with Gasteiger partial charge in [-0.25, -0.2) is 29.2 Å². The molecule has 33 heavy (non-hydrogen) atoms. The van der Waals surface area contributed by atoms with Gasteiger partial charge in [-0.1, -0.05) is 6.58 Å². The number of amides is 1. The third kappa shape index (κ3) is 18.4. The first kappa shape index (κ1) is 30.2. The maximum atomic E-state index is 11.9. The number of hydrogen-bond acceptors (Lipinski definition) is 10. The summed E-state index contributed by atoms with van der Waals surface area (Å²) in [6.07, 6.45) is 4.00. The summed E-state index contributed by atoms with van der Waals surface area (Å²) < 4.78 is 21.2. The van der Waals surface area contributed by atoms with Gasteiger partial charge in [0.15, 0.2) is 0 Å². The number of aliphatic imine (C=N–C) groups is 2. The molecule has 0 aromatic carbocycles. The van der Waals surface area contributed by atoms with Crippen molar-refractivity contribution in [2.24, 2.45) is 9.98 Å². The number of nitrogens with zero attached hydrogens (tertiary/aromatic N) is 2.